The predicted octanol–water partition coefficient (Wildman–Crippen LogP) is 2.38. The average molecular weight is 436 g/mol. The molecule has 3 heterocycles. The first-order valence-electron chi connectivity index (χ1n) is 10.8. The van der Waals surface area contributed by atoms with Crippen molar-refractivity contribution in [2.24, 2.45) is 0 Å². The van der Waals surface area contributed by atoms with Crippen LogP contribution in [0.5, 0.6) is 11.5 Å². The number of hydrogen-bond acceptors (Lipinski definition) is 6. The van der Waals surface area contributed by atoms with Gasteiger partial charge in [-0.25, -0.2) is 4.68 Å². The second-order valence-corrected chi connectivity index (χ2v) is 8.13. The molecule has 1 aromatic heterocycles. The van der Waals surface area contributed by atoms with Gasteiger partial charge in [0, 0.05) is 26.7 Å². The number of likely N-dealkylation sites (N-methyl/N-ethyl adjacent to an activating group) is 2. The highest BCUT2D eigenvalue weighted by Crippen LogP contribution is 2.16. The van der Waals surface area contributed by atoms with Gasteiger partial charge in [-0.3, -0.25) is 4.79 Å². The molecule has 0 unspecified atom stereocenters. The maximum atomic E-state index is 12.7. The first-order valence-corrected chi connectivity index (χ1v) is 10.8. The van der Waals surface area contributed by atoms with Crippen LogP contribution in [0.4, 0.5) is 0 Å². The molecule has 0 saturated carbocycles. The summed E-state index contributed by atoms with van der Waals surface area (Å²) in [6.45, 7) is 3.65. The Morgan fingerprint density at radius 3 is 2.59 bits per heavy atom. The Bertz CT molecular complexity index is 1030. The van der Waals surface area contributed by atoms with E-state index in [9.17, 15) is 4.79 Å². The normalized spacial score (nSPS) is 16.6. The predicted molar refractivity (Wildman–Crippen MR) is 120 cm³/mol. The van der Waals surface area contributed by atoms with E-state index in [0.717, 1.165) is 35.8 Å². The van der Waals surface area contributed by atoms with Gasteiger partial charge >= 0.3 is 0 Å². The Balaban J connectivity index is 1.48. The van der Waals surface area contributed by atoms with E-state index in [2.05, 4.69) is 34.4 Å². The summed E-state index contributed by atoms with van der Waals surface area (Å²) in [5.41, 5.74) is 2.90. The molecule has 0 radical (unpaired) electrons. The molecule has 168 valence electrons. The maximum absolute atomic E-state index is 12.7. The van der Waals surface area contributed by atoms with Crippen molar-refractivity contribution >= 4 is 5.91 Å². The molecule has 0 atom stereocenters. The van der Waals surface area contributed by atoms with Crippen LogP contribution in [0, 0.1) is 0 Å². The van der Waals surface area contributed by atoms with Gasteiger partial charge in [0.1, 0.15) is 30.4 Å². The van der Waals surface area contributed by atoms with Crippen molar-refractivity contribution in [1.82, 2.24) is 24.8 Å². The largest absolute Gasteiger partial charge is 0.492 e. The highest BCUT2D eigenvalue weighted by atomic mass is 16.5. The van der Waals surface area contributed by atoms with Crippen LogP contribution in [0.15, 0.2) is 54.7 Å². The van der Waals surface area contributed by atoms with Crippen LogP contribution in [-0.2, 0) is 30.9 Å². The van der Waals surface area contributed by atoms with Crippen molar-refractivity contribution in [1.29, 1.82) is 0 Å². The van der Waals surface area contributed by atoms with Crippen LogP contribution >= 0.6 is 0 Å². The van der Waals surface area contributed by atoms with E-state index in [4.69, 9.17) is 9.47 Å². The standard InChI is InChI=1S/C24H29N5O3/c1-27-10-11-28(2)24(30)15-20-4-3-5-23(14-20)31-13-12-29-17-21(25-26-29)18-32-22-8-6-19(16-27)7-9-22/h3-9,14,17H,10-13,15-16,18H2,1-2H3. The first-order chi connectivity index (χ1) is 15.5. The monoisotopic (exact) mass is 435 g/mol. The SMILES string of the molecule is CN1CCN(C)C(=O)Cc2cccc(c2)OCCn2cc(nn2)COc2ccc(cc2)C1. The van der Waals surface area contributed by atoms with Gasteiger partial charge in [-0.2, -0.15) is 0 Å². The summed E-state index contributed by atoms with van der Waals surface area (Å²) >= 11 is 0. The van der Waals surface area contributed by atoms with Crippen LogP contribution in [-0.4, -0.2) is 64.5 Å². The lowest BCUT2D eigenvalue weighted by Crippen LogP contribution is -2.35. The molecule has 2 aliphatic rings. The van der Waals surface area contributed by atoms with Crippen molar-refractivity contribution in [3.63, 3.8) is 0 Å². The fourth-order valence-electron chi connectivity index (χ4n) is 3.51. The van der Waals surface area contributed by atoms with Crippen LogP contribution in [0.3, 0.4) is 0 Å². The Morgan fingerprint density at radius 1 is 0.906 bits per heavy atom. The number of ether oxygens (including phenoxy) is 2. The van der Waals surface area contributed by atoms with Crippen LogP contribution in [0.2, 0.25) is 0 Å². The van der Waals surface area contributed by atoms with Gasteiger partial charge in [0.25, 0.3) is 0 Å². The molecule has 2 aliphatic heterocycles. The maximum Gasteiger partial charge on any atom is 0.226 e. The minimum Gasteiger partial charge on any atom is -0.492 e. The molecule has 0 aliphatic carbocycles. The number of carbonyl (C=O) groups excluding carboxylic acids is 1. The average Bonchev–Trinajstić information content (AvgIpc) is 3.24. The number of carbonyl (C=O) groups is 1. The van der Waals surface area contributed by atoms with Crippen molar-refractivity contribution < 1.29 is 14.3 Å². The molecular formula is C24H29N5O3. The van der Waals surface area contributed by atoms with Crippen molar-refractivity contribution in [2.75, 3.05) is 33.8 Å². The topological polar surface area (TPSA) is 72.7 Å². The second kappa shape index (κ2) is 10.3. The van der Waals surface area contributed by atoms with E-state index >= 15 is 0 Å². The fraction of sp³-hybridized carbons (Fsp3) is 0.375. The van der Waals surface area contributed by atoms with Crippen LogP contribution in [0.1, 0.15) is 16.8 Å². The zero-order valence-electron chi connectivity index (χ0n) is 18.6. The Kier molecular flexibility index (Phi) is 7.01. The van der Waals surface area contributed by atoms with E-state index in [0.29, 0.717) is 32.7 Å². The third kappa shape index (κ3) is 6.07. The minimum atomic E-state index is 0.0920. The molecule has 0 spiro atoms. The number of fused-ring (bicyclic) bond motifs is 11. The van der Waals surface area contributed by atoms with E-state index < -0.39 is 0 Å². The van der Waals surface area contributed by atoms with Gasteiger partial charge < -0.3 is 19.3 Å². The summed E-state index contributed by atoms with van der Waals surface area (Å²) in [5.74, 6) is 1.63. The van der Waals surface area contributed by atoms with Gasteiger partial charge in [-0.05, 0) is 42.4 Å². The Morgan fingerprint density at radius 2 is 1.75 bits per heavy atom. The van der Waals surface area contributed by atoms with Gasteiger partial charge in [0.15, 0.2) is 0 Å². The lowest BCUT2D eigenvalue weighted by Gasteiger charge is -2.22. The van der Waals surface area contributed by atoms with Gasteiger partial charge in [-0.1, -0.05) is 29.5 Å². The lowest BCUT2D eigenvalue weighted by atomic mass is 10.1. The third-order valence-corrected chi connectivity index (χ3v) is 5.43. The molecule has 0 N–H and O–H groups in total. The van der Waals surface area contributed by atoms with E-state index in [1.807, 2.05) is 49.6 Å². The van der Waals surface area contributed by atoms with Crippen LogP contribution < -0.4 is 9.47 Å². The quantitative estimate of drug-likeness (QED) is 0.540. The third-order valence-electron chi connectivity index (χ3n) is 5.43. The molecule has 0 saturated heterocycles. The molecule has 2 aromatic carbocycles. The minimum absolute atomic E-state index is 0.0920. The van der Waals surface area contributed by atoms with E-state index in [1.54, 1.807) is 9.58 Å². The molecular weight excluding hydrogens is 406 g/mol. The summed E-state index contributed by atoms with van der Waals surface area (Å²) in [7, 11) is 3.92. The smallest absolute Gasteiger partial charge is 0.226 e. The Labute approximate surface area is 188 Å². The lowest BCUT2D eigenvalue weighted by molar-refractivity contribution is -0.129. The van der Waals surface area contributed by atoms with Gasteiger partial charge in [0.05, 0.1) is 19.2 Å². The first kappa shape index (κ1) is 21.8. The number of benzene rings is 2. The number of nitrogens with zero attached hydrogens (tertiary/aromatic N) is 5. The van der Waals surface area contributed by atoms with Crippen molar-refractivity contribution in [2.45, 2.75) is 26.1 Å². The highest BCUT2D eigenvalue weighted by Gasteiger charge is 2.12. The molecule has 8 heteroatoms. The summed E-state index contributed by atoms with van der Waals surface area (Å²) in [6.07, 6.45) is 2.22. The van der Waals surface area contributed by atoms with Crippen molar-refractivity contribution in [3.05, 3.63) is 71.5 Å². The molecule has 8 nitrogen and oxygen atoms in total. The summed E-state index contributed by atoms with van der Waals surface area (Å²) < 4.78 is 13.5. The Hall–Kier alpha value is -3.39. The highest BCUT2D eigenvalue weighted by molar-refractivity contribution is 5.78. The summed E-state index contributed by atoms with van der Waals surface area (Å²) in [4.78, 5) is 16.7. The molecule has 32 heavy (non-hydrogen) atoms. The zero-order chi connectivity index (χ0) is 22.3. The number of aromatic nitrogens is 3. The molecule has 0 fully saturated rings. The number of rotatable bonds is 0. The van der Waals surface area contributed by atoms with E-state index in [1.165, 1.54) is 5.56 Å². The second-order valence-electron chi connectivity index (χ2n) is 8.13. The van der Waals surface area contributed by atoms with Gasteiger partial charge in [-0.15, -0.1) is 5.10 Å². The summed E-state index contributed by atoms with van der Waals surface area (Å²) in [5, 5.41) is 8.31. The van der Waals surface area contributed by atoms with Crippen molar-refractivity contribution in [3.8, 4) is 11.5 Å². The zero-order valence-corrected chi connectivity index (χ0v) is 18.6. The molecule has 3 aromatic rings. The van der Waals surface area contributed by atoms with Gasteiger partial charge in [0.2, 0.25) is 5.91 Å². The molecule has 1 amide bonds. The van der Waals surface area contributed by atoms with E-state index in [-0.39, 0.29) is 5.91 Å². The number of hydrogen-bond donors (Lipinski definition) is 0. The number of amides is 1. The molecule has 6 bridgehead atoms. The molecule has 5 rings (SSSR count). The fourth-order valence-corrected chi connectivity index (χ4v) is 3.51. The van der Waals surface area contributed by atoms with Crippen LogP contribution in [0.25, 0.3) is 0 Å². The summed E-state index contributed by atoms with van der Waals surface area (Å²) in [6, 6.07) is 15.8.